The number of rotatable bonds is 3. The second-order valence-corrected chi connectivity index (χ2v) is 3.64. The van der Waals surface area contributed by atoms with E-state index in [2.05, 4.69) is 5.10 Å². The lowest BCUT2D eigenvalue weighted by Gasteiger charge is -2.12. The van der Waals surface area contributed by atoms with E-state index in [-0.39, 0.29) is 12.5 Å². The minimum absolute atomic E-state index is 0.0394. The number of aliphatic hydroxyl groups is 1. The molecule has 0 saturated carbocycles. The van der Waals surface area contributed by atoms with E-state index >= 15 is 0 Å². The first-order valence-electron chi connectivity index (χ1n) is 5.00. The van der Waals surface area contributed by atoms with Gasteiger partial charge in [0.25, 0.3) is 0 Å². The molecule has 2 aromatic rings. The summed E-state index contributed by atoms with van der Waals surface area (Å²) >= 11 is 0. The molecule has 15 heavy (non-hydrogen) atoms. The van der Waals surface area contributed by atoms with Crippen LogP contribution in [0.3, 0.4) is 0 Å². The summed E-state index contributed by atoms with van der Waals surface area (Å²) in [7, 11) is 1.88. The van der Waals surface area contributed by atoms with Crippen molar-refractivity contribution in [2.24, 2.45) is 12.8 Å². The van der Waals surface area contributed by atoms with E-state index in [9.17, 15) is 5.11 Å². The van der Waals surface area contributed by atoms with E-state index in [1.54, 1.807) is 4.68 Å². The molecule has 0 aliphatic heterocycles. The van der Waals surface area contributed by atoms with Crippen molar-refractivity contribution >= 4 is 10.9 Å². The van der Waals surface area contributed by atoms with Crippen molar-refractivity contribution in [1.29, 1.82) is 0 Å². The fourth-order valence-electron chi connectivity index (χ4n) is 1.92. The number of hydrogen-bond acceptors (Lipinski definition) is 3. The molecule has 0 saturated heterocycles. The van der Waals surface area contributed by atoms with Gasteiger partial charge in [0, 0.05) is 24.9 Å². The maximum absolute atomic E-state index is 9.26. The van der Waals surface area contributed by atoms with Crippen LogP contribution in [0.2, 0.25) is 0 Å². The van der Waals surface area contributed by atoms with Crippen molar-refractivity contribution < 1.29 is 5.11 Å². The molecule has 0 spiro atoms. The predicted molar refractivity (Wildman–Crippen MR) is 59.6 cm³/mol. The minimum atomic E-state index is -0.0394. The van der Waals surface area contributed by atoms with Crippen LogP contribution in [0, 0.1) is 0 Å². The van der Waals surface area contributed by atoms with Gasteiger partial charge in [0.2, 0.25) is 0 Å². The average molecular weight is 205 g/mol. The van der Waals surface area contributed by atoms with Crippen LogP contribution < -0.4 is 5.73 Å². The summed E-state index contributed by atoms with van der Waals surface area (Å²) < 4.78 is 1.80. The number of fused-ring (bicyclic) bond motifs is 1. The Balaban J connectivity index is 2.62. The van der Waals surface area contributed by atoms with E-state index in [0.717, 1.165) is 16.6 Å². The van der Waals surface area contributed by atoms with Gasteiger partial charge >= 0.3 is 0 Å². The van der Waals surface area contributed by atoms with Gasteiger partial charge < -0.3 is 10.8 Å². The molecule has 1 atom stereocenters. The molecule has 0 aliphatic rings. The molecule has 80 valence electrons. The molecule has 0 aliphatic carbocycles. The third kappa shape index (κ3) is 1.62. The van der Waals surface area contributed by atoms with Gasteiger partial charge in [-0.25, -0.2) is 0 Å². The Labute approximate surface area is 88.3 Å². The van der Waals surface area contributed by atoms with Crippen LogP contribution in [-0.2, 0) is 7.05 Å². The molecular formula is C11H15N3O. The summed E-state index contributed by atoms with van der Waals surface area (Å²) in [4.78, 5) is 0. The quantitative estimate of drug-likeness (QED) is 0.771. The number of aryl methyl sites for hydroxylation is 1. The van der Waals surface area contributed by atoms with Gasteiger partial charge in [-0.2, -0.15) is 5.10 Å². The SMILES string of the molecule is Cn1nc2ccccc2c1C(CN)CO. The highest BCUT2D eigenvalue weighted by atomic mass is 16.3. The maximum atomic E-state index is 9.26. The molecule has 1 aromatic heterocycles. The third-order valence-electron chi connectivity index (χ3n) is 2.68. The van der Waals surface area contributed by atoms with Crippen LogP contribution in [0.1, 0.15) is 11.6 Å². The van der Waals surface area contributed by atoms with Gasteiger partial charge in [-0.15, -0.1) is 0 Å². The monoisotopic (exact) mass is 205 g/mol. The summed E-state index contributed by atoms with van der Waals surface area (Å²) in [5, 5.41) is 14.7. The summed E-state index contributed by atoms with van der Waals surface area (Å²) in [5.41, 5.74) is 7.59. The zero-order chi connectivity index (χ0) is 10.8. The standard InChI is InChI=1S/C11H15N3O/c1-14-11(8(6-12)7-15)9-4-2-3-5-10(9)13-14/h2-5,8,15H,6-7,12H2,1H3. The molecule has 0 bridgehead atoms. The van der Waals surface area contributed by atoms with Crippen molar-refractivity contribution in [2.75, 3.05) is 13.2 Å². The van der Waals surface area contributed by atoms with Crippen LogP contribution in [0.4, 0.5) is 0 Å². The second-order valence-electron chi connectivity index (χ2n) is 3.64. The van der Waals surface area contributed by atoms with Crippen LogP contribution in [0.15, 0.2) is 24.3 Å². The van der Waals surface area contributed by atoms with Crippen molar-refractivity contribution in [2.45, 2.75) is 5.92 Å². The largest absolute Gasteiger partial charge is 0.396 e. The smallest absolute Gasteiger partial charge is 0.0926 e. The first-order valence-corrected chi connectivity index (χ1v) is 5.00. The van der Waals surface area contributed by atoms with Crippen LogP contribution in [0.25, 0.3) is 10.9 Å². The highest BCUT2D eigenvalue weighted by Crippen LogP contribution is 2.23. The maximum Gasteiger partial charge on any atom is 0.0926 e. The summed E-state index contributed by atoms with van der Waals surface area (Å²) in [6.07, 6.45) is 0. The van der Waals surface area contributed by atoms with E-state index in [4.69, 9.17) is 5.73 Å². The topological polar surface area (TPSA) is 64.1 Å². The lowest BCUT2D eigenvalue weighted by molar-refractivity contribution is 0.263. The summed E-state index contributed by atoms with van der Waals surface area (Å²) in [6, 6.07) is 7.90. The molecule has 1 aromatic carbocycles. The zero-order valence-electron chi connectivity index (χ0n) is 8.72. The first kappa shape index (κ1) is 10.1. The van der Waals surface area contributed by atoms with E-state index < -0.39 is 0 Å². The van der Waals surface area contributed by atoms with Gasteiger partial charge in [-0.05, 0) is 6.07 Å². The molecule has 1 unspecified atom stereocenters. The van der Waals surface area contributed by atoms with E-state index in [0.29, 0.717) is 6.54 Å². The fourth-order valence-corrected chi connectivity index (χ4v) is 1.92. The van der Waals surface area contributed by atoms with Gasteiger partial charge in [0.15, 0.2) is 0 Å². The molecule has 4 nitrogen and oxygen atoms in total. The normalized spacial score (nSPS) is 13.3. The fraction of sp³-hybridized carbons (Fsp3) is 0.364. The highest BCUT2D eigenvalue weighted by molar-refractivity contribution is 5.82. The second kappa shape index (κ2) is 4.00. The summed E-state index contributed by atoms with van der Waals surface area (Å²) in [5.74, 6) is -0.0394. The molecule has 1 heterocycles. The Morgan fingerprint density at radius 2 is 2.20 bits per heavy atom. The number of hydrogen-bond donors (Lipinski definition) is 2. The Kier molecular flexibility index (Phi) is 2.70. The molecule has 3 N–H and O–H groups in total. The minimum Gasteiger partial charge on any atom is -0.396 e. The number of nitrogens with two attached hydrogens (primary N) is 1. The highest BCUT2D eigenvalue weighted by Gasteiger charge is 2.16. The lowest BCUT2D eigenvalue weighted by Crippen LogP contribution is -2.19. The summed E-state index contributed by atoms with van der Waals surface area (Å²) in [6.45, 7) is 0.486. The van der Waals surface area contributed by atoms with Crippen LogP contribution in [-0.4, -0.2) is 28.0 Å². The lowest BCUT2D eigenvalue weighted by atomic mass is 10.0. The van der Waals surface area contributed by atoms with Crippen LogP contribution in [0.5, 0.6) is 0 Å². The van der Waals surface area contributed by atoms with Gasteiger partial charge in [0.05, 0.1) is 17.8 Å². The van der Waals surface area contributed by atoms with Crippen molar-refractivity contribution in [3.8, 4) is 0 Å². The molecular weight excluding hydrogens is 190 g/mol. The van der Waals surface area contributed by atoms with Crippen molar-refractivity contribution in [3.63, 3.8) is 0 Å². The van der Waals surface area contributed by atoms with Gasteiger partial charge in [-0.3, -0.25) is 4.68 Å². The van der Waals surface area contributed by atoms with Crippen molar-refractivity contribution in [1.82, 2.24) is 9.78 Å². The Hall–Kier alpha value is -1.39. The molecule has 0 amide bonds. The Bertz CT molecular complexity index is 460. The van der Waals surface area contributed by atoms with Gasteiger partial charge in [-0.1, -0.05) is 18.2 Å². The van der Waals surface area contributed by atoms with E-state index in [1.807, 2.05) is 31.3 Å². The Morgan fingerprint density at radius 1 is 1.47 bits per heavy atom. The average Bonchev–Trinajstić information content (AvgIpc) is 2.58. The number of aromatic nitrogens is 2. The van der Waals surface area contributed by atoms with Crippen molar-refractivity contribution in [3.05, 3.63) is 30.0 Å². The zero-order valence-corrected chi connectivity index (χ0v) is 8.72. The molecule has 0 fully saturated rings. The first-order chi connectivity index (χ1) is 7.27. The number of benzene rings is 1. The predicted octanol–water partition coefficient (Wildman–Crippen LogP) is 0.608. The Morgan fingerprint density at radius 3 is 2.87 bits per heavy atom. The molecule has 2 rings (SSSR count). The molecule has 4 heteroatoms. The number of aliphatic hydroxyl groups excluding tert-OH is 1. The van der Waals surface area contributed by atoms with E-state index in [1.165, 1.54) is 0 Å². The van der Waals surface area contributed by atoms with Crippen LogP contribution >= 0.6 is 0 Å². The van der Waals surface area contributed by atoms with Gasteiger partial charge in [0.1, 0.15) is 0 Å². The third-order valence-corrected chi connectivity index (χ3v) is 2.68. The number of nitrogens with zero attached hydrogens (tertiary/aromatic N) is 2. The molecule has 0 radical (unpaired) electrons.